The number of amides is 1. The van der Waals surface area contributed by atoms with Crippen LogP contribution in [-0.4, -0.2) is 11.1 Å². The first kappa shape index (κ1) is 17.1. The summed E-state index contributed by atoms with van der Waals surface area (Å²) >= 11 is 1.62. The van der Waals surface area contributed by atoms with Crippen LogP contribution in [0.3, 0.4) is 0 Å². The van der Waals surface area contributed by atoms with Gasteiger partial charge in [-0.1, -0.05) is 30.3 Å². The molecule has 1 aromatic heterocycles. The molecule has 5 nitrogen and oxygen atoms in total. The number of nitrogens with zero attached hydrogens (tertiary/aromatic N) is 1. The number of para-hydroxylation sites is 2. The van der Waals surface area contributed by atoms with Crippen molar-refractivity contribution in [3.05, 3.63) is 83.9 Å². The minimum atomic E-state index is -0.538. The van der Waals surface area contributed by atoms with Gasteiger partial charge in [0.25, 0.3) is 0 Å². The fraction of sp³-hybridized carbons (Fsp3) is 0.0476. The van der Waals surface area contributed by atoms with Crippen LogP contribution in [0.25, 0.3) is 10.2 Å². The highest BCUT2D eigenvalue weighted by Crippen LogP contribution is 2.24. The van der Waals surface area contributed by atoms with E-state index in [-0.39, 0.29) is 0 Å². The third-order valence-corrected chi connectivity index (χ3v) is 4.76. The van der Waals surface area contributed by atoms with Crippen molar-refractivity contribution in [2.75, 3.05) is 5.32 Å². The summed E-state index contributed by atoms with van der Waals surface area (Å²) in [7, 11) is 0. The summed E-state index contributed by atoms with van der Waals surface area (Å²) in [6, 6.07) is 24.1. The number of carbonyl (C=O) groups excluding carboxylic acids is 1. The number of anilines is 1. The van der Waals surface area contributed by atoms with Crippen molar-refractivity contribution in [3.63, 3.8) is 0 Å². The van der Waals surface area contributed by atoms with E-state index in [4.69, 9.17) is 9.47 Å². The lowest BCUT2D eigenvalue weighted by atomic mass is 10.3. The molecule has 0 saturated carbocycles. The molecule has 1 heterocycles. The Labute approximate surface area is 160 Å². The van der Waals surface area contributed by atoms with Crippen LogP contribution in [-0.2, 0) is 6.61 Å². The summed E-state index contributed by atoms with van der Waals surface area (Å²) in [6.45, 7) is 0.397. The van der Waals surface area contributed by atoms with Crippen molar-refractivity contribution in [2.24, 2.45) is 0 Å². The van der Waals surface area contributed by atoms with Crippen molar-refractivity contribution in [3.8, 4) is 11.5 Å². The van der Waals surface area contributed by atoms with Crippen molar-refractivity contribution in [1.82, 2.24) is 4.98 Å². The lowest BCUT2D eigenvalue weighted by Gasteiger charge is -2.08. The molecule has 134 valence electrons. The summed E-state index contributed by atoms with van der Waals surface area (Å²) in [4.78, 5) is 16.4. The molecule has 1 amide bonds. The normalized spacial score (nSPS) is 10.5. The quantitative estimate of drug-likeness (QED) is 0.501. The second-order valence-electron chi connectivity index (χ2n) is 5.72. The molecule has 0 unspecified atom stereocenters. The molecule has 4 rings (SSSR count). The highest BCUT2D eigenvalue weighted by atomic mass is 32.1. The summed E-state index contributed by atoms with van der Waals surface area (Å²) < 4.78 is 12.2. The molecule has 1 N–H and O–H groups in total. The van der Waals surface area contributed by atoms with Gasteiger partial charge in [0, 0.05) is 5.69 Å². The molecule has 0 fully saturated rings. The zero-order valence-corrected chi connectivity index (χ0v) is 15.1. The standard InChI is InChI=1S/C21H16N2O3S/c24-21(22-15-6-2-1-3-7-15)26-17-12-10-16(11-13-17)25-14-20-23-18-8-4-5-9-19(18)27-20/h1-13H,14H2,(H,22,24). The number of rotatable bonds is 5. The summed E-state index contributed by atoms with van der Waals surface area (Å²) in [5.74, 6) is 1.13. The zero-order valence-electron chi connectivity index (χ0n) is 14.3. The third kappa shape index (κ3) is 4.43. The molecule has 6 heteroatoms. The van der Waals surface area contributed by atoms with E-state index in [0.29, 0.717) is 23.8 Å². The van der Waals surface area contributed by atoms with Crippen molar-refractivity contribution >= 4 is 33.3 Å². The largest absolute Gasteiger partial charge is 0.486 e. The van der Waals surface area contributed by atoms with Crippen molar-refractivity contribution < 1.29 is 14.3 Å². The second-order valence-corrected chi connectivity index (χ2v) is 6.83. The van der Waals surface area contributed by atoms with E-state index in [2.05, 4.69) is 10.3 Å². The molecule has 0 aliphatic rings. The average molecular weight is 376 g/mol. The molecule has 0 aliphatic heterocycles. The monoisotopic (exact) mass is 376 g/mol. The maximum absolute atomic E-state index is 11.9. The van der Waals surface area contributed by atoms with Gasteiger partial charge in [-0.15, -0.1) is 11.3 Å². The van der Waals surface area contributed by atoms with Crippen LogP contribution >= 0.6 is 11.3 Å². The smallest absolute Gasteiger partial charge is 0.417 e. The molecular formula is C21H16N2O3S. The van der Waals surface area contributed by atoms with E-state index in [9.17, 15) is 4.79 Å². The van der Waals surface area contributed by atoms with Crippen LogP contribution in [0, 0.1) is 0 Å². The number of hydrogen-bond donors (Lipinski definition) is 1. The lowest BCUT2D eigenvalue weighted by Crippen LogP contribution is -2.16. The van der Waals surface area contributed by atoms with Crippen LogP contribution in [0.2, 0.25) is 0 Å². The molecule has 0 aliphatic carbocycles. The number of fused-ring (bicyclic) bond motifs is 1. The molecular weight excluding hydrogens is 360 g/mol. The van der Waals surface area contributed by atoms with E-state index in [1.807, 2.05) is 42.5 Å². The SMILES string of the molecule is O=C(Nc1ccccc1)Oc1ccc(OCc2nc3ccccc3s2)cc1. The molecule has 0 spiro atoms. The number of ether oxygens (including phenoxy) is 2. The highest BCUT2D eigenvalue weighted by Gasteiger charge is 2.07. The van der Waals surface area contributed by atoms with Gasteiger partial charge in [0.05, 0.1) is 10.2 Å². The van der Waals surface area contributed by atoms with Gasteiger partial charge in [-0.3, -0.25) is 5.32 Å². The van der Waals surface area contributed by atoms with Gasteiger partial charge in [0.15, 0.2) is 0 Å². The molecule has 0 radical (unpaired) electrons. The summed E-state index contributed by atoms with van der Waals surface area (Å²) in [5.41, 5.74) is 1.66. The Morgan fingerprint density at radius 2 is 1.59 bits per heavy atom. The predicted octanol–water partition coefficient (Wildman–Crippen LogP) is 5.49. The van der Waals surface area contributed by atoms with Crippen molar-refractivity contribution in [2.45, 2.75) is 6.61 Å². The number of nitrogens with one attached hydrogen (secondary N) is 1. The maximum Gasteiger partial charge on any atom is 0.417 e. The van der Waals surface area contributed by atoms with Crippen molar-refractivity contribution in [1.29, 1.82) is 0 Å². The highest BCUT2D eigenvalue weighted by molar-refractivity contribution is 7.18. The Morgan fingerprint density at radius 1 is 0.889 bits per heavy atom. The van der Waals surface area contributed by atoms with Gasteiger partial charge in [-0.2, -0.15) is 0 Å². The Morgan fingerprint density at radius 3 is 2.37 bits per heavy atom. The van der Waals surface area contributed by atoms with Gasteiger partial charge >= 0.3 is 6.09 Å². The first-order valence-corrected chi connectivity index (χ1v) is 9.19. The predicted molar refractivity (Wildman–Crippen MR) is 106 cm³/mol. The van der Waals surface area contributed by atoms with Crippen LogP contribution in [0.15, 0.2) is 78.9 Å². The molecule has 3 aromatic carbocycles. The second kappa shape index (κ2) is 7.88. The van der Waals surface area contributed by atoms with Gasteiger partial charge < -0.3 is 9.47 Å². The van der Waals surface area contributed by atoms with E-state index < -0.39 is 6.09 Å². The number of benzene rings is 3. The maximum atomic E-state index is 11.9. The summed E-state index contributed by atoms with van der Waals surface area (Å²) in [6.07, 6.45) is -0.538. The fourth-order valence-electron chi connectivity index (χ4n) is 2.50. The molecule has 0 atom stereocenters. The Balaban J connectivity index is 1.32. The number of carbonyl (C=O) groups is 1. The number of hydrogen-bond acceptors (Lipinski definition) is 5. The zero-order chi connectivity index (χ0) is 18.5. The van der Waals surface area contributed by atoms with Crippen LogP contribution in [0.5, 0.6) is 11.5 Å². The Hall–Kier alpha value is -3.38. The van der Waals surface area contributed by atoms with E-state index in [1.54, 1.807) is 47.7 Å². The minimum Gasteiger partial charge on any atom is -0.486 e. The number of aromatic nitrogens is 1. The molecule has 27 heavy (non-hydrogen) atoms. The lowest BCUT2D eigenvalue weighted by molar-refractivity contribution is 0.215. The molecule has 0 bridgehead atoms. The molecule has 0 saturated heterocycles. The first-order valence-electron chi connectivity index (χ1n) is 8.37. The first-order chi connectivity index (χ1) is 13.3. The average Bonchev–Trinajstić information content (AvgIpc) is 3.11. The van der Waals surface area contributed by atoms with Crippen LogP contribution in [0.4, 0.5) is 10.5 Å². The minimum absolute atomic E-state index is 0.397. The van der Waals surface area contributed by atoms with Gasteiger partial charge in [-0.25, -0.2) is 9.78 Å². The third-order valence-electron chi connectivity index (χ3n) is 3.75. The van der Waals surface area contributed by atoms with E-state index >= 15 is 0 Å². The topological polar surface area (TPSA) is 60.5 Å². The summed E-state index contributed by atoms with van der Waals surface area (Å²) in [5, 5.41) is 3.58. The Kier molecular flexibility index (Phi) is 4.98. The fourth-order valence-corrected chi connectivity index (χ4v) is 3.38. The number of thiazole rings is 1. The van der Waals surface area contributed by atoms with Crippen LogP contribution in [0.1, 0.15) is 5.01 Å². The van der Waals surface area contributed by atoms with Crippen LogP contribution < -0.4 is 14.8 Å². The molecule has 4 aromatic rings. The van der Waals surface area contributed by atoms with Gasteiger partial charge in [0.1, 0.15) is 23.1 Å². The Bertz CT molecular complexity index is 1010. The van der Waals surface area contributed by atoms with Gasteiger partial charge in [-0.05, 0) is 48.5 Å². The van der Waals surface area contributed by atoms with E-state index in [0.717, 1.165) is 15.2 Å². The van der Waals surface area contributed by atoms with Gasteiger partial charge in [0.2, 0.25) is 0 Å². The van der Waals surface area contributed by atoms with E-state index in [1.165, 1.54) is 0 Å².